The van der Waals surface area contributed by atoms with Crippen molar-refractivity contribution in [2.75, 3.05) is 13.2 Å². The van der Waals surface area contributed by atoms with Crippen molar-refractivity contribution in [1.82, 2.24) is 0 Å². The van der Waals surface area contributed by atoms with Gasteiger partial charge in [-0.2, -0.15) is 0 Å². The van der Waals surface area contributed by atoms with E-state index in [-0.39, 0.29) is 11.5 Å². The number of aliphatic hydroxyl groups is 1. The van der Waals surface area contributed by atoms with Gasteiger partial charge in [0, 0.05) is 12.0 Å². The first-order valence-electron chi connectivity index (χ1n) is 7.40. The van der Waals surface area contributed by atoms with E-state index in [2.05, 4.69) is 25.2 Å². The molecule has 0 aromatic rings. The molecule has 1 aliphatic carbocycles. The number of allylic oxidation sites excluding steroid dienone is 4. The first kappa shape index (κ1) is 16.2. The molecule has 0 aromatic carbocycles. The largest absolute Gasteiger partial charge is 0.389 e. The second-order valence-electron chi connectivity index (χ2n) is 5.50. The number of hydrogen-bond donors (Lipinski definition) is 1. The van der Waals surface area contributed by atoms with Gasteiger partial charge in [0.15, 0.2) is 0 Å². The summed E-state index contributed by atoms with van der Waals surface area (Å²) in [5.74, 6) is 0. The average Bonchev–Trinajstić information content (AvgIpc) is 2.37. The van der Waals surface area contributed by atoms with Gasteiger partial charge in [0.05, 0.1) is 12.7 Å². The second-order valence-corrected chi connectivity index (χ2v) is 5.50. The number of ether oxygens (including phenoxy) is 1. The third-order valence-electron chi connectivity index (χ3n) is 3.74. The van der Waals surface area contributed by atoms with E-state index in [0.29, 0.717) is 0 Å². The van der Waals surface area contributed by atoms with E-state index < -0.39 is 0 Å². The van der Waals surface area contributed by atoms with Crippen LogP contribution in [0.5, 0.6) is 0 Å². The quantitative estimate of drug-likeness (QED) is 0.446. The molecule has 0 aliphatic heterocycles. The molecular weight excluding hydrogens is 236 g/mol. The third kappa shape index (κ3) is 5.75. The minimum absolute atomic E-state index is 0.151. The van der Waals surface area contributed by atoms with Crippen molar-refractivity contribution in [2.45, 2.75) is 52.6 Å². The summed E-state index contributed by atoms with van der Waals surface area (Å²) in [6.45, 7) is 7.59. The molecule has 1 rings (SSSR count). The first-order chi connectivity index (χ1) is 9.08. The highest BCUT2D eigenvalue weighted by atomic mass is 16.5. The lowest BCUT2D eigenvalue weighted by atomic mass is 9.71. The van der Waals surface area contributed by atoms with Crippen LogP contribution in [0.4, 0.5) is 0 Å². The summed E-state index contributed by atoms with van der Waals surface area (Å²) in [6, 6.07) is 0. The van der Waals surface area contributed by atoms with Gasteiger partial charge in [-0.25, -0.2) is 0 Å². The highest BCUT2D eigenvalue weighted by Crippen LogP contribution is 2.41. The van der Waals surface area contributed by atoms with E-state index in [9.17, 15) is 5.11 Å². The molecule has 0 saturated heterocycles. The van der Waals surface area contributed by atoms with Gasteiger partial charge in [-0.05, 0) is 33.1 Å². The van der Waals surface area contributed by atoms with Gasteiger partial charge >= 0.3 is 0 Å². The maximum absolute atomic E-state index is 9.20. The van der Waals surface area contributed by atoms with Crippen LogP contribution in [0.25, 0.3) is 0 Å². The molecule has 0 radical (unpaired) electrons. The summed E-state index contributed by atoms with van der Waals surface area (Å²) in [5, 5.41) is 9.20. The molecule has 1 aliphatic rings. The molecule has 2 atom stereocenters. The van der Waals surface area contributed by atoms with Crippen LogP contribution in [0, 0.1) is 5.41 Å². The van der Waals surface area contributed by atoms with Gasteiger partial charge in [-0.1, -0.05) is 49.3 Å². The standard InChI is InChI=1S/C17H28O2/c1-4-19-14-11-16-10-6-8-13-17(16,3)12-7-5-9-15(2)18/h5,7,9,11-12,15,18H,4,6,8,10,13-14H2,1-3H3/b9-5+,12-7+,16-11+/t15-,17-/m1/s1. The normalized spacial score (nSPS) is 28.5. The third-order valence-corrected chi connectivity index (χ3v) is 3.74. The Labute approximate surface area is 117 Å². The fourth-order valence-corrected chi connectivity index (χ4v) is 2.55. The van der Waals surface area contributed by atoms with Crippen molar-refractivity contribution in [2.24, 2.45) is 5.41 Å². The predicted molar refractivity (Wildman–Crippen MR) is 81.1 cm³/mol. The van der Waals surface area contributed by atoms with Crippen LogP contribution >= 0.6 is 0 Å². The highest BCUT2D eigenvalue weighted by molar-refractivity contribution is 5.25. The van der Waals surface area contributed by atoms with Crippen LogP contribution in [0.1, 0.15) is 46.5 Å². The minimum atomic E-state index is -0.378. The second kappa shape index (κ2) is 8.34. The van der Waals surface area contributed by atoms with Crippen molar-refractivity contribution in [3.05, 3.63) is 36.0 Å². The molecule has 0 amide bonds. The maximum Gasteiger partial charge on any atom is 0.0695 e. The molecule has 1 saturated carbocycles. The Morgan fingerprint density at radius 1 is 1.37 bits per heavy atom. The summed E-state index contributed by atoms with van der Waals surface area (Å²) in [6.07, 6.45) is 14.9. The van der Waals surface area contributed by atoms with Crippen LogP contribution in [0.15, 0.2) is 36.0 Å². The monoisotopic (exact) mass is 264 g/mol. The molecule has 0 spiro atoms. The number of hydrogen-bond acceptors (Lipinski definition) is 2. The Hall–Kier alpha value is -0.860. The lowest BCUT2D eigenvalue weighted by Crippen LogP contribution is -2.21. The topological polar surface area (TPSA) is 29.5 Å². The van der Waals surface area contributed by atoms with Crippen molar-refractivity contribution in [3.63, 3.8) is 0 Å². The van der Waals surface area contributed by atoms with Crippen LogP contribution in [-0.2, 0) is 4.74 Å². The van der Waals surface area contributed by atoms with E-state index in [1.54, 1.807) is 13.0 Å². The number of rotatable bonds is 6. The van der Waals surface area contributed by atoms with Gasteiger partial charge in [-0.15, -0.1) is 0 Å². The van der Waals surface area contributed by atoms with Gasteiger partial charge in [0.2, 0.25) is 0 Å². The Bertz CT molecular complexity index is 339. The van der Waals surface area contributed by atoms with E-state index >= 15 is 0 Å². The summed E-state index contributed by atoms with van der Waals surface area (Å²) < 4.78 is 5.44. The molecular formula is C17H28O2. The van der Waals surface area contributed by atoms with Crippen molar-refractivity contribution in [1.29, 1.82) is 0 Å². The molecule has 19 heavy (non-hydrogen) atoms. The maximum atomic E-state index is 9.20. The van der Waals surface area contributed by atoms with Crippen molar-refractivity contribution >= 4 is 0 Å². The SMILES string of the molecule is CCOC/C=C1\CCCC[C@@]1(C)/C=C/C=C/[C@@H](C)O. The van der Waals surface area contributed by atoms with Crippen LogP contribution in [-0.4, -0.2) is 24.4 Å². The lowest BCUT2D eigenvalue weighted by molar-refractivity contribution is 0.175. The van der Waals surface area contributed by atoms with Crippen molar-refractivity contribution < 1.29 is 9.84 Å². The van der Waals surface area contributed by atoms with Gasteiger partial charge in [0.1, 0.15) is 0 Å². The van der Waals surface area contributed by atoms with E-state index in [1.807, 2.05) is 13.0 Å². The molecule has 108 valence electrons. The highest BCUT2D eigenvalue weighted by Gasteiger charge is 2.28. The first-order valence-corrected chi connectivity index (χ1v) is 7.40. The zero-order chi connectivity index (χ0) is 14.1. The fourth-order valence-electron chi connectivity index (χ4n) is 2.55. The van der Waals surface area contributed by atoms with Crippen molar-refractivity contribution in [3.8, 4) is 0 Å². The molecule has 0 bridgehead atoms. The zero-order valence-electron chi connectivity index (χ0n) is 12.6. The summed E-state index contributed by atoms with van der Waals surface area (Å²) >= 11 is 0. The molecule has 1 N–H and O–H groups in total. The predicted octanol–water partition coefficient (Wildman–Crippen LogP) is 4.02. The molecule has 2 nitrogen and oxygen atoms in total. The van der Waals surface area contributed by atoms with E-state index in [4.69, 9.17) is 4.74 Å². The van der Waals surface area contributed by atoms with Gasteiger partial charge in [0.25, 0.3) is 0 Å². The number of aliphatic hydroxyl groups excluding tert-OH is 1. The molecule has 2 heteroatoms. The summed E-state index contributed by atoms with van der Waals surface area (Å²) in [4.78, 5) is 0. The molecule has 0 aromatic heterocycles. The van der Waals surface area contributed by atoms with Crippen LogP contribution < -0.4 is 0 Å². The minimum Gasteiger partial charge on any atom is -0.389 e. The van der Waals surface area contributed by atoms with E-state index in [1.165, 1.54) is 31.3 Å². The molecule has 1 fully saturated rings. The zero-order valence-corrected chi connectivity index (χ0v) is 12.6. The molecule has 0 unspecified atom stereocenters. The summed E-state index contributed by atoms with van der Waals surface area (Å²) in [7, 11) is 0. The van der Waals surface area contributed by atoms with E-state index in [0.717, 1.165) is 13.2 Å². The lowest BCUT2D eigenvalue weighted by Gasteiger charge is -2.34. The van der Waals surface area contributed by atoms with Crippen LogP contribution in [0.3, 0.4) is 0 Å². The van der Waals surface area contributed by atoms with Gasteiger partial charge in [-0.3, -0.25) is 0 Å². The Kier molecular flexibility index (Phi) is 7.11. The molecule has 0 heterocycles. The Morgan fingerprint density at radius 3 is 2.84 bits per heavy atom. The fraction of sp³-hybridized carbons (Fsp3) is 0.647. The van der Waals surface area contributed by atoms with Gasteiger partial charge < -0.3 is 9.84 Å². The van der Waals surface area contributed by atoms with Crippen LogP contribution in [0.2, 0.25) is 0 Å². The smallest absolute Gasteiger partial charge is 0.0695 e. The Morgan fingerprint density at radius 2 is 2.16 bits per heavy atom. The Balaban J connectivity index is 2.70. The average molecular weight is 264 g/mol. The summed E-state index contributed by atoms with van der Waals surface area (Å²) in [5.41, 5.74) is 1.65.